The number of amides is 1. The number of aromatic nitrogens is 2. The predicted octanol–water partition coefficient (Wildman–Crippen LogP) is 0.684. The number of anilines is 1. The summed E-state index contributed by atoms with van der Waals surface area (Å²) < 4.78 is 1.58. The van der Waals surface area contributed by atoms with Crippen LogP contribution in [0.15, 0.2) is 0 Å². The minimum Gasteiger partial charge on any atom is -0.395 e. The summed E-state index contributed by atoms with van der Waals surface area (Å²) in [7, 11) is 0. The van der Waals surface area contributed by atoms with E-state index in [4.69, 9.17) is 5.73 Å². The Morgan fingerprint density at radius 3 is 2.61 bits per heavy atom. The Labute approximate surface area is 107 Å². The van der Waals surface area contributed by atoms with E-state index in [9.17, 15) is 9.90 Å². The number of aliphatic hydroxyl groups excluding tert-OH is 1. The SMILES string of the molecule is CCn1nc(C)c(N)c1C(=O)NC(C)(CC)CO. The number of hydrogen-bond donors (Lipinski definition) is 3. The number of nitrogens with one attached hydrogen (secondary N) is 1. The molecule has 6 nitrogen and oxygen atoms in total. The number of aryl methyl sites for hydroxylation is 2. The van der Waals surface area contributed by atoms with E-state index in [2.05, 4.69) is 10.4 Å². The number of carbonyl (C=O) groups is 1. The number of carbonyl (C=O) groups excluding carboxylic acids is 1. The Balaban J connectivity index is 3.04. The van der Waals surface area contributed by atoms with Crippen molar-refractivity contribution in [3.63, 3.8) is 0 Å². The standard InChI is InChI=1S/C12H22N4O2/c1-5-12(4,7-17)14-11(18)10-9(13)8(3)15-16(10)6-2/h17H,5-7,13H2,1-4H3,(H,14,18). The molecule has 102 valence electrons. The summed E-state index contributed by atoms with van der Waals surface area (Å²) in [6.07, 6.45) is 0.633. The summed E-state index contributed by atoms with van der Waals surface area (Å²) in [5.41, 5.74) is 6.64. The molecular weight excluding hydrogens is 232 g/mol. The molecule has 0 fully saturated rings. The maximum absolute atomic E-state index is 12.2. The van der Waals surface area contributed by atoms with Crippen LogP contribution in [0.1, 0.15) is 43.4 Å². The monoisotopic (exact) mass is 254 g/mol. The van der Waals surface area contributed by atoms with Crippen molar-refractivity contribution in [2.75, 3.05) is 12.3 Å². The van der Waals surface area contributed by atoms with Crippen molar-refractivity contribution >= 4 is 11.6 Å². The first-order chi connectivity index (χ1) is 8.38. The fraction of sp³-hybridized carbons (Fsp3) is 0.667. The van der Waals surface area contributed by atoms with Crippen LogP contribution in [0.5, 0.6) is 0 Å². The molecule has 0 aliphatic rings. The predicted molar refractivity (Wildman–Crippen MR) is 70.3 cm³/mol. The van der Waals surface area contributed by atoms with Gasteiger partial charge in [-0.3, -0.25) is 9.48 Å². The van der Waals surface area contributed by atoms with Gasteiger partial charge in [0.05, 0.1) is 23.5 Å². The number of rotatable bonds is 5. The minimum atomic E-state index is -0.639. The molecule has 0 aliphatic carbocycles. The van der Waals surface area contributed by atoms with Crippen LogP contribution >= 0.6 is 0 Å². The lowest BCUT2D eigenvalue weighted by atomic mass is 10.00. The van der Waals surface area contributed by atoms with E-state index >= 15 is 0 Å². The van der Waals surface area contributed by atoms with Gasteiger partial charge in [0, 0.05) is 6.54 Å². The van der Waals surface area contributed by atoms with E-state index in [0.717, 1.165) is 0 Å². The lowest BCUT2D eigenvalue weighted by Gasteiger charge is -2.27. The molecule has 1 aromatic rings. The third kappa shape index (κ3) is 2.64. The summed E-state index contributed by atoms with van der Waals surface area (Å²) >= 11 is 0. The normalized spacial score (nSPS) is 14.3. The molecular formula is C12H22N4O2. The Bertz CT molecular complexity index is 436. The van der Waals surface area contributed by atoms with Crippen LogP contribution < -0.4 is 11.1 Å². The smallest absolute Gasteiger partial charge is 0.272 e. The molecule has 0 saturated heterocycles. The van der Waals surface area contributed by atoms with Crippen molar-refractivity contribution < 1.29 is 9.90 Å². The van der Waals surface area contributed by atoms with Gasteiger partial charge < -0.3 is 16.2 Å². The number of nitrogens with zero attached hydrogens (tertiary/aromatic N) is 2. The van der Waals surface area contributed by atoms with Crippen LogP contribution in [0.2, 0.25) is 0 Å². The van der Waals surface area contributed by atoms with Crippen LogP contribution in [0.4, 0.5) is 5.69 Å². The van der Waals surface area contributed by atoms with Gasteiger partial charge >= 0.3 is 0 Å². The second-order valence-corrected chi connectivity index (χ2v) is 4.69. The van der Waals surface area contributed by atoms with Gasteiger partial charge in [-0.15, -0.1) is 0 Å². The highest BCUT2D eigenvalue weighted by Gasteiger charge is 2.27. The van der Waals surface area contributed by atoms with E-state index in [1.165, 1.54) is 0 Å². The Morgan fingerprint density at radius 2 is 2.17 bits per heavy atom. The Kier molecular flexibility index (Phi) is 4.34. The number of nitrogens with two attached hydrogens (primary N) is 1. The molecule has 1 atom stereocenters. The van der Waals surface area contributed by atoms with Crippen LogP contribution in [0.3, 0.4) is 0 Å². The van der Waals surface area contributed by atoms with Gasteiger partial charge in [0.25, 0.3) is 5.91 Å². The molecule has 18 heavy (non-hydrogen) atoms. The van der Waals surface area contributed by atoms with E-state index < -0.39 is 5.54 Å². The summed E-state index contributed by atoms with van der Waals surface area (Å²) in [6.45, 7) is 7.82. The molecule has 1 amide bonds. The maximum atomic E-state index is 12.2. The van der Waals surface area contributed by atoms with Crippen molar-refractivity contribution in [1.29, 1.82) is 0 Å². The third-order valence-electron chi connectivity index (χ3n) is 3.23. The average molecular weight is 254 g/mol. The van der Waals surface area contributed by atoms with Crippen LogP contribution in [-0.4, -0.2) is 32.9 Å². The van der Waals surface area contributed by atoms with Gasteiger partial charge in [-0.1, -0.05) is 6.92 Å². The van der Waals surface area contributed by atoms with Crippen LogP contribution in [0.25, 0.3) is 0 Å². The molecule has 1 rings (SSSR count). The zero-order chi connectivity index (χ0) is 13.9. The molecule has 1 aromatic heterocycles. The second kappa shape index (κ2) is 5.39. The van der Waals surface area contributed by atoms with E-state index in [1.54, 1.807) is 18.5 Å². The highest BCUT2D eigenvalue weighted by molar-refractivity contribution is 5.98. The van der Waals surface area contributed by atoms with Crippen LogP contribution in [-0.2, 0) is 6.54 Å². The van der Waals surface area contributed by atoms with Gasteiger partial charge in [0.15, 0.2) is 0 Å². The summed E-state index contributed by atoms with van der Waals surface area (Å²) in [4.78, 5) is 12.2. The fourth-order valence-electron chi connectivity index (χ4n) is 1.64. The summed E-state index contributed by atoms with van der Waals surface area (Å²) in [6, 6.07) is 0. The van der Waals surface area contributed by atoms with Gasteiger partial charge in [-0.25, -0.2) is 0 Å². The summed E-state index contributed by atoms with van der Waals surface area (Å²) in [5, 5.41) is 16.3. The second-order valence-electron chi connectivity index (χ2n) is 4.69. The topological polar surface area (TPSA) is 93.2 Å². The van der Waals surface area contributed by atoms with Gasteiger partial charge in [0.2, 0.25) is 0 Å². The number of aliphatic hydroxyl groups is 1. The largest absolute Gasteiger partial charge is 0.395 e. The fourth-order valence-corrected chi connectivity index (χ4v) is 1.64. The first-order valence-corrected chi connectivity index (χ1v) is 6.14. The van der Waals surface area contributed by atoms with Gasteiger partial charge in [0.1, 0.15) is 5.69 Å². The minimum absolute atomic E-state index is 0.117. The third-order valence-corrected chi connectivity index (χ3v) is 3.23. The molecule has 1 unspecified atom stereocenters. The number of nitrogen functional groups attached to an aromatic ring is 1. The van der Waals surface area contributed by atoms with Crippen molar-refractivity contribution in [1.82, 2.24) is 15.1 Å². The zero-order valence-electron chi connectivity index (χ0n) is 11.4. The maximum Gasteiger partial charge on any atom is 0.272 e. The van der Waals surface area contributed by atoms with Crippen LogP contribution in [0, 0.1) is 6.92 Å². The molecule has 1 heterocycles. The van der Waals surface area contributed by atoms with Gasteiger partial charge in [-0.05, 0) is 27.2 Å². The molecule has 0 aromatic carbocycles. The first-order valence-electron chi connectivity index (χ1n) is 6.14. The molecule has 0 spiro atoms. The van der Waals surface area contributed by atoms with Crippen molar-refractivity contribution in [3.05, 3.63) is 11.4 Å². The molecule has 0 saturated carbocycles. The van der Waals surface area contributed by atoms with Crippen molar-refractivity contribution in [2.24, 2.45) is 0 Å². The Morgan fingerprint density at radius 1 is 1.56 bits per heavy atom. The number of hydrogen-bond acceptors (Lipinski definition) is 4. The molecule has 0 radical (unpaired) electrons. The highest BCUT2D eigenvalue weighted by Crippen LogP contribution is 2.18. The lowest BCUT2D eigenvalue weighted by Crippen LogP contribution is -2.49. The van der Waals surface area contributed by atoms with E-state index in [1.807, 2.05) is 13.8 Å². The van der Waals surface area contributed by atoms with Crippen molar-refractivity contribution in [3.8, 4) is 0 Å². The molecule has 0 aliphatic heterocycles. The average Bonchev–Trinajstić information content (AvgIpc) is 2.65. The summed E-state index contributed by atoms with van der Waals surface area (Å²) in [5.74, 6) is -0.298. The van der Waals surface area contributed by atoms with E-state index in [0.29, 0.717) is 30.0 Å². The molecule has 0 bridgehead atoms. The Hall–Kier alpha value is -1.56. The quantitative estimate of drug-likeness (QED) is 0.720. The highest BCUT2D eigenvalue weighted by atomic mass is 16.3. The van der Waals surface area contributed by atoms with Crippen molar-refractivity contribution in [2.45, 2.75) is 46.2 Å². The lowest BCUT2D eigenvalue weighted by molar-refractivity contribution is 0.0837. The molecule has 4 N–H and O–H groups in total. The first kappa shape index (κ1) is 14.5. The molecule has 6 heteroatoms. The zero-order valence-corrected chi connectivity index (χ0v) is 11.4. The van der Waals surface area contributed by atoms with Gasteiger partial charge in [-0.2, -0.15) is 5.10 Å². The van der Waals surface area contributed by atoms with E-state index in [-0.39, 0.29) is 12.5 Å².